The minimum atomic E-state index is 0.157. The van der Waals surface area contributed by atoms with E-state index in [2.05, 4.69) is 24.0 Å². The number of anilines is 1. The predicted molar refractivity (Wildman–Crippen MR) is 108 cm³/mol. The number of imidazole rings is 1. The van der Waals surface area contributed by atoms with Crippen molar-refractivity contribution in [2.24, 2.45) is 7.05 Å². The molecule has 2 aromatic carbocycles. The number of ether oxygens (including phenoxy) is 1. The van der Waals surface area contributed by atoms with Gasteiger partial charge in [0, 0.05) is 18.8 Å². The van der Waals surface area contributed by atoms with E-state index < -0.39 is 0 Å². The maximum Gasteiger partial charge on any atom is 0.148 e. The first-order valence-corrected chi connectivity index (χ1v) is 8.91. The summed E-state index contributed by atoms with van der Waals surface area (Å²) in [7, 11) is 3.51. The topological polar surface area (TPSA) is 74.4 Å². The first kappa shape index (κ1) is 17.1. The minimum Gasteiger partial charge on any atom is -0.509 e. The third-order valence-electron chi connectivity index (χ3n) is 5.07. The van der Waals surface area contributed by atoms with E-state index in [1.54, 1.807) is 12.0 Å². The van der Waals surface area contributed by atoms with Crippen LogP contribution >= 0.6 is 0 Å². The molecule has 2 N–H and O–H groups in total. The van der Waals surface area contributed by atoms with Crippen LogP contribution in [0.5, 0.6) is 5.75 Å². The van der Waals surface area contributed by atoms with Crippen LogP contribution < -0.4 is 9.64 Å². The highest BCUT2D eigenvalue weighted by Crippen LogP contribution is 2.32. The number of rotatable bonds is 4. The Morgan fingerprint density at radius 1 is 1.19 bits per heavy atom. The van der Waals surface area contributed by atoms with E-state index in [0.29, 0.717) is 11.4 Å². The number of amidine groups is 1. The third-order valence-corrected chi connectivity index (χ3v) is 5.07. The predicted octanol–water partition coefficient (Wildman–Crippen LogP) is 3.91. The standard InChI is InChI=1S/C21H22N4O2/c1-4-13-5-7-14(8-6-13)25-12-18(26)19(20(25)22)21-23-16-11-15(27-3)9-10-17(16)24(21)2/h5-11,22,26H,4,12H2,1-3H3. The Morgan fingerprint density at radius 2 is 1.93 bits per heavy atom. The quantitative estimate of drug-likeness (QED) is 0.738. The largest absolute Gasteiger partial charge is 0.509 e. The number of aromatic nitrogens is 2. The number of hydrogen-bond acceptors (Lipinski definition) is 4. The van der Waals surface area contributed by atoms with Crippen LogP contribution in [0.15, 0.2) is 48.2 Å². The molecule has 4 rings (SSSR count). The van der Waals surface area contributed by atoms with Gasteiger partial charge in [0.05, 0.1) is 30.3 Å². The molecular formula is C21H22N4O2. The van der Waals surface area contributed by atoms with E-state index in [-0.39, 0.29) is 18.1 Å². The van der Waals surface area contributed by atoms with Gasteiger partial charge in [-0.2, -0.15) is 0 Å². The summed E-state index contributed by atoms with van der Waals surface area (Å²) in [5, 5.41) is 19.3. The molecule has 0 spiro atoms. The zero-order valence-corrected chi connectivity index (χ0v) is 15.7. The number of nitrogens with one attached hydrogen (secondary N) is 1. The van der Waals surface area contributed by atoms with Crippen LogP contribution in [-0.2, 0) is 13.5 Å². The monoisotopic (exact) mass is 362 g/mol. The summed E-state index contributed by atoms with van der Waals surface area (Å²) < 4.78 is 7.17. The average molecular weight is 362 g/mol. The van der Waals surface area contributed by atoms with Crippen molar-refractivity contribution in [3.8, 4) is 5.75 Å². The third kappa shape index (κ3) is 2.73. The summed E-state index contributed by atoms with van der Waals surface area (Å²) >= 11 is 0. The zero-order chi connectivity index (χ0) is 19.1. The molecule has 6 heteroatoms. The summed E-state index contributed by atoms with van der Waals surface area (Å²) in [6.07, 6.45) is 0.968. The van der Waals surface area contributed by atoms with E-state index in [0.717, 1.165) is 28.9 Å². The van der Waals surface area contributed by atoms with Gasteiger partial charge in [-0.05, 0) is 36.2 Å². The van der Waals surface area contributed by atoms with Crippen molar-refractivity contribution in [1.29, 1.82) is 5.41 Å². The molecule has 0 fully saturated rings. The number of aryl methyl sites for hydroxylation is 2. The van der Waals surface area contributed by atoms with Gasteiger partial charge in [-0.3, -0.25) is 5.41 Å². The molecule has 0 unspecified atom stereocenters. The van der Waals surface area contributed by atoms with E-state index in [9.17, 15) is 5.11 Å². The summed E-state index contributed by atoms with van der Waals surface area (Å²) in [6.45, 7) is 2.38. The molecule has 0 bridgehead atoms. The summed E-state index contributed by atoms with van der Waals surface area (Å²) in [6, 6.07) is 13.8. The smallest absolute Gasteiger partial charge is 0.148 e. The molecular weight excluding hydrogens is 340 g/mol. The first-order chi connectivity index (χ1) is 13.0. The van der Waals surface area contributed by atoms with Crippen molar-refractivity contribution in [3.63, 3.8) is 0 Å². The van der Waals surface area contributed by atoms with Gasteiger partial charge in [-0.15, -0.1) is 0 Å². The van der Waals surface area contributed by atoms with Crippen LogP contribution in [0, 0.1) is 5.41 Å². The number of benzene rings is 2. The number of nitrogens with zero attached hydrogens (tertiary/aromatic N) is 3. The highest BCUT2D eigenvalue weighted by atomic mass is 16.5. The number of aliphatic hydroxyl groups is 1. The number of hydrogen-bond donors (Lipinski definition) is 2. The molecule has 27 heavy (non-hydrogen) atoms. The molecule has 0 saturated heterocycles. The lowest BCUT2D eigenvalue weighted by Gasteiger charge is -2.19. The van der Waals surface area contributed by atoms with Gasteiger partial charge >= 0.3 is 0 Å². The fourth-order valence-electron chi connectivity index (χ4n) is 3.48. The summed E-state index contributed by atoms with van der Waals surface area (Å²) in [5.74, 6) is 1.71. The van der Waals surface area contributed by atoms with Crippen molar-refractivity contribution in [3.05, 3.63) is 59.6 Å². The SMILES string of the molecule is CCc1ccc(N2CC(O)=C(c3nc4cc(OC)ccc4n3C)C2=N)cc1. The lowest BCUT2D eigenvalue weighted by molar-refractivity contribution is 0.411. The Balaban J connectivity index is 1.73. The van der Waals surface area contributed by atoms with Gasteiger partial charge < -0.3 is 19.3 Å². The number of methoxy groups -OCH3 is 1. The Kier molecular flexibility index (Phi) is 4.11. The number of fused-ring (bicyclic) bond motifs is 1. The molecule has 1 aliphatic heterocycles. The highest BCUT2D eigenvalue weighted by molar-refractivity contribution is 6.30. The Hall–Kier alpha value is -3.28. The van der Waals surface area contributed by atoms with Crippen molar-refractivity contribution in [2.45, 2.75) is 13.3 Å². The fourth-order valence-corrected chi connectivity index (χ4v) is 3.48. The van der Waals surface area contributed by atoms with Crippen LogP contribution in [0.1, 0.15) is 18.3 Å². The lowest BCUT2D eigenvalue weighted by Crippen LogP contribution is -2.26. The van der Waals surface area contributed by atoms with E-state index >= 15 is 0 Å². The molecule has 1 aliphatic rings. The molecule has 3 aromatic rings. The Bertz CT molecular complexity index is 1060. The van der Waals surface area contributed by atoms with Gasteiger partial charge in [0.2, 0.25) is 0 Å². The van der Waals surface area contributed by atoms with Gasteiger partial charge in [-0.1, -0.05) is 19.1 Å². The first-order valence-electron chi connectivity index (χ1n) is 8.91. The molecule has 0 aliphatic carbocycles. The van der Waals surface area contributed by atoms with Crippen molar-refractivity contribution in [2.75, 3.05) is 18.6 Å². The van der Waals surface area contributed by atoms with Crippen LogP contribution in [0.2, 0.25) is 0 Å². The second-order valence-electron chi connectivity index (χ2n) is 6.63. The second kappa shape index (κ2) is 6.46. The maximum absolute atomic E-state index is 10.6. The van der Waals surface area contributed by atoms with Crippen LogP contribution in [-0.4, -0.2) is 34.1 Å². The van der Waals surface area contributed by atoms with Gasteiger partial charge in [0.25, 0.3) is 0 Å². The molecule has 0 saturated carbocycles. The normalized spacial score (nSPS) is 14.5. The highest BCUT2D eigenvalue weighted by Gasteiger charge is 2.32. The van der Waals surface area contributed by atoms with E-state index in [1.165, 1.54) is 5.56 Å². The van der Waals surface area contributed by atoms with Crippen LogP contribution in [0.25, 0.3) is 16.6 Å². The molecule has 0 atom stereocenters. The molecule has 0 radical (unpaired) electrons. The number of aliphatic hydroxyl groups excluding tert-OH is 1. The molecule has 0 amide bonds. The molecule has 2 heterocycles. The van der Waals surface area contributed by atoms with E-state index in [1.807, 2.05) is 41.9 Å². The van der Waals surface area contributed by atoms with Crippen LogP contribution in [0.3, 0.4) is 0 Å². The van der Waals surface area contributed by atoms with E-state index in [4.69, 9.17) is 10.1 Å². The van der Waals surface area contributed by atoms with Crippen molar-refractivity contribution < 1.29 is 9.84 Å². The van der Waals surface area contributed by atoms with Crippen molar-refractivity contribution in [1.82, 2.24) is 9.55 Å². The minimum absolute atomic E-state index is 0.157. The fraction of sp³-hybridized carbons (Fsp3) is 0.238. The average Bonchev–Trinajstić information content (AvgIpc) is 3.17. The molecule has 1 aromatic heterocycles. The summed E-state index contributed by atoms with van der Waals surface area (Å²) in [5.41, 5.74) is 4.29. The van der Waals surface area contributed by atoms with Crippen molar-refractivity contribution >= 4 is 28.1 Å². The Labute approximate surface area is 157 Å². The zero-order valence-electron chi connectivity index (χ0n) is 15.7. The molecule has 6 nitrogen and oxygen atoms in total. The van der Waals surface area contributed by atoms with Gasteiger partial charge in [-0.25, -0.2) is 4.98 Å². The maximum atomic E-state index is 10.6. The summed E-state index contributed by atoms with van der Waals surface area (Å²) in [4.78, 5) is 6.45. The second-order valence-corrected chi connectivity index (χ2v) is 6.63. The lowest BCUT2D eigenvalue weighted by atomic mass is 10.1. The molecule has 138 valence electrons. The van der Waals surface area contributed by atoms with Crippen LogP contribution in [0.4, 0.5) is 5.69 Å². The van der Waals surface area contributed by atoms with Gasteiger partial charge in [0.1, 0.15) is 23.2 Å². The Morgan fingerprint density at radius 3 is 2.59 bits per heavy atom. The van der Waals surface area contributed by atoms with Gasteiger partial charge in [0.15, 0.2) is 0 Å².